The molecule has 6 nitrogen and oxygen atoms in total. The van der Waals surface area contributed by atoms with Gasteiger partial charge in [-0.25, -0.2) is 8.42 Å². The second-order valence-electron chi connectivity index (χ2n) is 7.76. The van der Waals surface area contributed by atoms with Gasteiger partial charge in [-0.2, -0.15) is 4.72 Å². The molecule has 0 unspecified atom stereocenters. The van der Waals surface area contributed by atoms with Crippen LogP contribution in [0.3, 0.4) is 0 Å². The number of amides is 1. The number of aryl methyl sites for hydroxylation is 1. The second kappa shape index (κ2) is 8.75. The molecular weight excluding hydrogens is 376 g/mol. The molecular formula is C21H28N2O4S. The van der Waals surface area contributed by atoms with Gasteiger partial charge in [0.2, 0.25) is 15.9 Å². The Kier molecular flexibility index (Phi) is 6.85. The van der Waals surface area contributed by atoms with Crippen LogP contribution in [-0.4, -0.2) is 33.0 Å². The first-order valence-corrected chi connectivity index (χ1v) is 10.5. The third-order valence-corrected chi connectivity index (χ3v) is 5.50. The third kappa shape index (κ3) is 6.07. The fraction of sp³-hybridized carbons (Fsp3) is 0.381. The van der Waals surface area contributed by atoms with E-state index in [1.54, 1.807) is 19.1 Å². The van der Waals surface area contributed by atoms with E-state index < -0.39 is 21.6 Å². The van der Waals surface area contributed by atoms with Crippen molar-refractivity contribution in [2.24, 2.45) is 0 Å². The molecule has 28 heavy (non-hydrogen) atoms. The van der Waals surface area contributed by atoms with Gasteiger partial charge in [0.15, 0.2) is 0 Å². The highest BCUT2D eigenvalue weighted by molar-refractivity contribution is 7.89. The number of sulfonamides is 1. The van der Waals surface area contributed by atoms with Crippen LogP contribution in [0.5, 0.6) is 5.75 Å². The molecule has 0 spiro atoms. The molecule has 0 bridgehead atoms. The van der Waals surface area contributed by atoms with Crippen LogP contribution in [0.2, 0.25) is 0 Å². The molecule has 2 N–H and O–H groups in total. The van der Waals surface area contributed by atoms with E-state index >= 15 is 0 Å². The average Bonchev–Trinajstić information content (AvgIpc) is 2.60. The number of carbonyl (C=O) groups is 1. The maximum atomic E-state index is 13.1. The van der Waals surface area contributed by atoms with Crippen molar-refractivity contribution < 1.29 is 17.9 Å². The van der Waals surface area contributed by atoms with Crippen LogP contribution in [0.1, 0.15) is 31.9 Å². The Morgan fingerprint density at radius 1 is 1.11 bits per heavy atom. The van der Waals surface area contributed by atoms with E-state index in [-0.39, 0.29) is 23.0 Å². The Labute approximate surface area is 167 Å². The second-order valence-corrected chi connectivity index (χ2v) is 9.44. The van der Waals surface area contributed by atoms with Crippen LogP contribution < -0.4 is 14.8 Å². The summed E-state index contributed by atoms with van der Waals surface area (Å²) in [4.78, 5) is 12.8. The fourth-order valence-electron chi connectivity index (χ4n) is 2.74. The van der Waals surface area contributed by atoms with E-state index in [1.165, 1.54) is 13.2 Å². The summed E-state index contributed by atoms with van der Waals surface area (Å²) in [6, 6.07) is 13.2. The van der Waals surface area contributed by atoms with Crippen LogP contribution in [0, 0.1) is 6.92 Å². The van der Waals surface area contributed by atoms with Crippen LogP contribution >= 0.6 is 0 Å². The molecule has 2 aromatic rings. The molecule has 0 aliphatic heterocycles. The first-order valence-electron chi connectivity index (χ1n) is 9.05. The minimum absolute atomic E-state index is 0.0108. The molecule has 2 aromatic carbocycles. The van der Waals surface area contributed by atoms with Gasteiger partial charge in [0.25, 0.3) is 0 Å². The van der Waals surface area contributed by atoms with E-state index in [4.69, 9.17) is 4.74 Å². The van der Waals surface area contributed by atoms with Gasteiger partial charge in [0, 0.05) is 5.54 Å². The Morgan fingerprint density at radius 2 is 1.75 bits per heavy atom. The highest BCUT2D eigenvalue weighted by Crippen LogP contribution is 2.25. The summed E-state index contributed by atoms with van der Waals surface area (Å²) in [5, 5.41) is 2.86. The molecule has 0 fully saturated rings. The highest BCUT2D eigenvalue weighted by Gasteiger charge is 2.30. The number of hydrogen-bond acceptors (Lipinski definition) is 4. The Balaban J connectivity index is 2.37. The first-order chi connectivity index (χ1) is 13.0. The van der Waals surface area contributed by atoms with Gasteiger partial charge in [-0.1, -0.05) is 36.4 Å². The zero-order valence-corrected chi connectivity index (χ0v) is 17.8. The minimum Gasteiger partial charge on any atom is -0.495 e. The van der Waals surface area contributed by atoms with Gasteiger partial charge in [0.05, 0.1) is 7.11 Å². The number of methoxy groups -OCH3 is 1. The lowest BCUT2D eigenvalue weighted by Crippen LogP contribution is -2.53. The number of benzene rings is 2. The quantitative estimate of drug-likeness (QED) is 0.743. The lowest BCUT2D eigenvalue weighted by atomic mass is 10.0. The summed E-state index contributed by atoms with van der Waals surface area (Å²) in [5.41, 5.74) is 1.15. The topological polar surface area (TPSA) is 84.5 Å². The predicted molar refractivity (Wildman–Crippen MR) is 110 cm³/mol. The fourth-order valence-corrected chi connectivity index (χ4v) is 4.19. The summed E-state index contributed by atoms with van der Waals surface area (Å²) in [6.45, 7) is 7.35. The third-order valence-electron chi connectivity index (χ3n) is 4.00. The van der Waals surface area contributed by atoms with Gasteiger partial charge in [-0.3, -0.25) is 4.79 Å². The molecule has 1 atom stereocenters. The molecule has 0 saturated heterocycles. The maximum absolute atomic E-state index is 13.1. The standard InChI is InChI=1S/C21H28N2O4S/c1-15-11-12-18(27-5)19(13-15)28(25,26)23-17(20(24)22-21(2,3)4)14-16-9-7-6-8-10-16/h6-13,17,23H,14H2,1-5H3,(H,22,24)/t17-/m0/s1. The van der Waals surface area contributed by atoms with E-state index in [1.807, 2.05) is 51.1 Å². The van der Waals surface area contributed by atoms with E-state index in [0.717, 1.165) is 11.1 Å². The van der Waals surface area contributed by atoms with Gasteiger partial charge in [0.1, 0.15) is 16.7 Å². The monoisotopic (exact) mass is 404 g/mol. The highest BCUT2D eigenvalue weighted by atomic mass is 32.2. The molecule has 152 valence electrons. The molecule has 0 aromatic heterocycles. The van der Waals surface area contributed by atoms with Crippen molar-refractivity contribution in [3.05, 3.63) is 59.7 Å². The van der Waals surface area contributed by atoms with Gasteiger partial charge >= 0.3 is 0 Å². The number of carbonyl (C=O) groups excluding carboxylic acids is 1. The molecule has 0 radical (unpaired) electrons. The summed E-state index contributed by atoms with van der Waals surface area (Å²) >= 11 is 0. The molecule has 0 aliphatic carbocycles. The summed E-state index contributed by atoms with van der Waals surface area (Å²) in [5.74, 6) is -0.153. The summed E-state index contributed by atoms with van der Waals surface area (Å²) < 4.78 is 33.9. The van der Waals surface area contributed by atoms with Crippen molar-refractivity contribution >= 4 is 15.9 Å². The van der Waals surface area contributed by atoms with Crippen molar-refractivity contribution in [3.8, 4) is 5.75 Å². The minimum atomic E-state index is -3.98. The number of ether oxygens (including phenoxy) is 1. The average molecular weight is 405 g/mol. The van der Waals surface area contributed by atoms with Crippen LogP contribution in [0.25, 0.3) is 0 Å². The largest absolute Gasteiger partial charge is 0.495 e. The van der Waals surface area contributed by atoms with Crippen molar-refractivity contribution in [2.45, 2.75) is 50.6 Å². The Morgan fingerprint density at radius 3 is 2.32 bits per heavy atom. The van der Waals surface area contributed by atoms with E-state index in [9.17, 15) is 13.2 Å². The predicted octanol–water partition coefficient (Wildman–Crippen LogP) is 2.81. The first kappa shape index (κ1) is 21.9. The van der Waals surface area contributed by atoms with Crippen LogP contribution in [0.4, 0.5) is 0 Å². The van der Waals surface area contributed by atoms with Crippen molar-refractivity contribution in [2.75, 3.05) is 7.11 Å². The molecule has 0 saturated carbocycles. The van der Waals surface area contributed by atoms with Gasteiger partial charge < -0.3 is 10.1 Å². The summed E-state index contributed by atoms with van der Waals surface area (Å²) in [7, 11) is -2.57. The number of nitrogens with one attached hydrogen (secondary N) is 2. The Hall–Kier alpha value is -2.38. The van der Waals surface area contributed by atoms with Crippen molar-refractivity contribution in [3.63, 3.8) is 0 Å². The summed E-state index contributed by atoms with van der Waals surface area (Å²) in [6.07, 6.45) is 0.232. The molecule has 0 aliphatic rings. The maximum Gasteiger partial charge on any atom is 0.244 e. The molecule has 1 amide bonds. The van der Waals surface area contributed by atoms with Crippen molar-refractivity contribution in [1.82, 2.24) is 10.0 Å². The lowest BCUT2D eigenvalue weighted by molar-refractivity contribution is -0.124. The number of rotatable bonds is 7. The number of hydrogen-bond donors (Lipinski definition) is 2. The Bertz CT molecular complexity index is 919. The van der Waals surface area contributed by atoms with Crippen molar-refractivity contribution in [1.29, 1.82) is 0 Å². The van der Waals surface area contributed by atoms with E-state index in [2.05, 4.69) is 10.0 Å². The molecule has 2 rings (SSSR count). The zero-order chi connectivity index (χ0) is 20.9. The van der Waals surface area contributed by atoms with Gasteiger partial charge in [-0.15, -0.1) is 0 Å². The van der Waals surface area contributed by atoms with Gasteiger partial charge in [-0.05, 0) is 57.4 Å². The van der Waals surface area contributed by atoms with E-state index in [0.29, 0.717) is 0 Å². The SMILES string of the molecule is COc1ccc(C)cc1S(=O)(=O)N[C@@H](Cc1ccccc1)C(=O)NC(C)(C)C. The zero-order valence-electron chi connectivity index (χ0n) is 16.9. The smallest absolute Gasteiger partial charge is 0.244 e. The molecule has 0 heterocycles. The normalized spacial score (nSPS) is 13.0. The molecule has 7 heteroatoms. The van der Waals surface area contributed by atoms with Crippen LogP contribution in [0.15, 0.2) is 53.4 Å². The van der Waals surface area contributed by atoms with Crippen LogP contribution in [-0.2, 0) is 21.2 Å². The lowest BCUT2D eigenvalue weighted by Gasteiger charge is -2.26.